The topological polar surface area (TPSA) is 0 Å². The Morgan fingerprint density at radius 2 is 2.09 bits per heavy atom. The first-order chi connectivity index (χ1) is 5.24. The second-order valence-corrected chi connectivity index (χ2v) is 2.10. The van der Waals surface area contributed by atoms with Gasteiger partial charge in [-0.3, -0.25) is 0 Å². The van der Waals surface area contributed by atoms with Gasteiger partial charge in [-0.2, -0.15) is 0 Å². The lowest BCUT2D eigenvalue weighted by atomic mass is 10.2. The minimum Gasteiger partial charge on any atom is -0.207 e. The average molecular weight is 153 g/mol. The average Bonchev–Trinajstić information content (AvgIpc) is 1.98. The molecule has 0 nitrogen and oxygen atoms in total. The molecule has 1 rings (SSSR count). The third kappa shape index (κ3) is 1.87. The van der Waals surface area contributed by atoms with Crippen molar-refractivity contribution in [3.05, 3.63) is 41.5 Å². The Hall–Kier alpha value is -1.18. The Morgan fingerprint density at radius 1 is 1.36 bits per heavy atom. The van der Waals surface area contributed by atoms with Crippen molar-refractivity contribution in [2.24, 2.45) is 0 Å². The number of hydrogen-bond acceptors (Lipinski definition) is 0. The van der Waals surface area contributed by atoms with Crippen molar-refractivity contribution in [2.45, 2.75) is 6.92 Å². The van der Waals surface area contributed by atoms with E-state index in [0.29, 0.717) is 0 Å². The Labute approximate surface area is 64.2 Å². The van der Waals surface area contributed by atoms with Crippen LogP contribution in [0, 0.1) is 17.7 Å². The van der Waals surface area contributed by atoms with E-state index in [2.05, 4.69) is 6.08 Å². The van der Waals surface area contributed by atoms with Crippen LogP contribution in [0.5, 0.6) is 0 Å². The molecule has 57 valence electrons. The molecule has 11 heavy (non-hydrogen) atoms. The lowest BCUT2D eigenvalue weighted by molar-refractivity contribution is 0.598. The minimum atomic E-state index is -0.437. The fourth-order valence-corrected chi connectivity index (χ4v) is 0.781. The van der Waals surface area contributed by atoms with E-state index < -0.39 is 11.6 Å². The van der Waals surface area contributed by atoms with Gasteiger partial charge < -0.3 is 0 Å². The first-order valence-electron chi connectivity index (χ1n) is 3.19. The molecule has 0 fully saturated rings. The van der Waals surface area contributed by atoms with Crippen LogP contribution in [0.2, 0.25) is 0 Å². The highest BCUT2D eigenvalue weighted by Crippen LogP contribution is 2.10. The summed E-state index contributed by atoms with van der Waals surface area (Å²) in [5.41, 5.74) is 0.229. The summed E-state index contributed by atoms with van der Waals surface area (Å²) in [5.74, 6) is -0.867. The zero-order valence-electron chi connectivity index (χ0n) is 6.07. The van der Waals surface area contributed by atoms with Crippen LogP contribution in [0.25, 0.3) is 6.08 Å². The van der Waals surface area contributed by atoms with Crippen LogP contribution in [-0.4, -0.2) is 0 Å². The Balaban J connectivity index is 3.12. The van der Waals surface area contributed by atoms with Gasteiger partial charge in [0, 0.05) is 5.56 Å². The van der Waals surface area contributed by atoms with Gasteiger partial charge in [0.25, 0.3) is 0 Å². The maximum absolute atomic E-state index is 12.7. The van der Waals surface area contributed by atoms with Crippen molar-refractivity contribution in [3.63, 3.8) is 0 Å². The van der Waals surface area contributed by atoms with Gasteiger partial charge >= 0.3 is 0 Å². The molecule has 0 aliphatic carbocycles. The number of hydrogen-bond donors (Lipinski definition) is 0. The second kappa shape index (κ2) is 3.28. The quantitative estimate of drug-likeness (QED) is 0.582. The molecule has 1 aromatic carbocycles. The summed E-state index contributed by atoms with van der Waals surface area (Å²) < 4.78 is 25.2. The lowest BCUT2D eigenvalue weighted by Gasteiger charge is -1.94. The number of halogens is 2. The summed E-state index contributed by atoms with van der Waals surface area (Å²) in [6.07, 6.45) is 4.02. The SMILES string of the molecule is C[C]=Cc1cc(F)ccc1F. The largest absolute Gasteiger partial charge is 0.207 e. The van der Waals surface area contributed by atoms with E-state index in [1.165, 1.54) is 6.08 Å². The normalized spacial score (nSPS) is 10.8. The zero-order valence-corrected chi connectivity index (χ0v) is 6.07. The van der Waals surface area contributed by atoms with Gasteiger partial charge in [0.1, 0.15) is 11.6 Å². The van der Waals surface area contributed by atoms with Crippen molar-refractivity contribution in [2.75, 3.05) is 0 Å². The van der Waals surface area contributed by atoms with Crippen LogP contribution in [-0.2, 0) is 0 Å². The van der Waals surface area contributed by atoms with Gasteiger partial charge in [0.2, 0.25) is 0 Å². The monoisotopic (exact) mass is 153 g/mol. The predicted molar refractivity (Wildman–Crippen MR) is 39.7 cm³/mol. The number of rotatable bonds is 1. The van der Waals surface area contributed by atoms with E-state index in [1.54, 1.807) is 6.92 Å². The summed E-state index contributed by atoms with van der Waals surface area (Å²) in [6, 6.07) is 3.31. The van der Waals surface area contributed by atoms with E-state index >= 15 is 0 Å². The molecule has 0 atom stereocenters. The van der Waals surface area contributed by atoms with Crippen molar-refractivity contribution >= 4 is 6.08 Å². The molecule has 0 aliphatic rings. The van der Waals surface area contributed by atoms with E-state index in [4.69, 9.17) is 0 Å². The van der Waals surface area contributed by atoms with Crippen LogP contribution in [0.4, 0.5) is 8.78 Å². The molecule has 0 saturated carbocycles. The third-order valence-corrected chi connectivity index (χ3v) is 1.26. The van der Waals surface area contributed by atoms with Crippen molar-refractivity contribution in [1.82, 2.24) is 0 Å². The van der Waals surface area contributed by atoms with E-state index in [-0.39, 0.29) is 5.56 Å². The van der Waals surface area contributed by atoms with Gasteiger partial charge in [-0.1, -0.05) is 0 Å². The smallest absolute Gasteiger partial charge is 0.130 e. The van der Waals surface area contributed by atoms with Gasteiger partial charge in [0.05, 0.1) is 0 Å². The first kappa shape index (κ1) is 7.92. The molecule has 0 N–H and O–H groups in total. The molecule has 0 amide bonds. The van der Waals surface area contributed by atoms with E-state index in [1.807, 2.05) is 0 Å². The van der Waals surface area contributed by atoms with Crippen molar-refractivity contribution < 1.29 is 8.78 Å². The van der Waals surface area contributed by atoms with Crippen LogP contribution in [0.15, 0.2) is 18.2 Å². The Bertz CT molecular complexity index is 277. The van der Waals surface area contributed by atoms with Crippen molar-refractivity contribution in [1.29, 1.82) is 0 Å². The molecule has 0 aliphatic heterocycles. The highest BCUT2D eigenvalue weighted by Gasteiger charge is 1.98. The molecule has 0 spiro atoms. The molecule has 0 heterocycles. The standard InChI is InChI=1S/C9H7F2/c1-2-3-7-6-8(10)4-5-9(7)11/h3-6H,1H3. The minimum absolute atomic E-state index is 0.229. The van der Waals surface area contributed by atoms with Gasteiger partial charge in [0.15, 0.2) is 0 Å². The molecule has 1 radical (unpaired) electrons. The molecule has 0 unspecified atom stereocenters. The summed E-state index contributed by atoms with van der Waals surface area (Å²) in [5, 5.41) is 0. The summed E-state index contributed by atoms with van der Waals surface area (Å²) in [7, 11) is 0. The number of benzene rings is 1. The van der Waals surface area contributed by atoms with Crippen molar-refractivity contribution in [3.8, 4) is 0 Å². The molecule has 0 bridgehead atoms. The van der Waals surface area contributed by atoms with Crippen LogP contribution >= 0.6 is 0 Å². The van der Waals surface area contributed by atoms with E-state index in [9.17, 15) is 8.78 Å². The second-order valence-electron chi connectivity index (χ2n) is 2.10. The highest BCUT2D eigenvalue weighted by atomic mass is 19.1. The fourth-order valence-electron chi connectivity index (χ4n) is 0.781. The summed E-state index contributed by atoms with van der Waals surface area (Å²) >= 11 is 0. The van der Waals surface area contributed by atoms with Crippen LogP contribution in [0.1, 0.15) is 12.5 Å². The molecule has 1 aromatic rings. The van der Waals surface area contributed by atoms with Gasteiger partial charge in [-0.15, -0.1) is 0 Å². The maximum Gasteiger partial charge on any atom is 0.130 e. The van der Waals surface area contributed by atoms with Crippen LogP contribution < -0.4 is 0 Å². The van der Waals surface area contributed by atoms with Gasteiger partial charge in [-0.05, 0) is 37.3 Å². The Kier molecular flexibility index (Phi) is 2.36. The fraction of sp³-hybridized carbons (Fsp3) is 0.111. The van der Waals surface area contributed by atoms with E-state index in [0.717, 1.165) is 18.2 Å². The molecule has 2 heteroatoms. The van der Waals surface area contributed by atoms with Gasteiger partial charge in [-0.25, -0.2) is 8.78 Å². The highest BCUT2D eigenvalue weighted by molar-refractivity contribution is 5.47. The molecule has 0 saturated heterocycles. The molecule has 0 aromatic heterocycles. The summed E-state index contributed by atoms with van der Waals surface area (Å²) in [4.78, 5) is 0. The Morgan fingerprint density at radius 3 is 2.73 bits per heavy atom. The number of allylic oxidation sites excluding steroid dienone is 1. The maximum atomic E-state index is 12.7. The molecular formula is C9H7F2. The summed E-state index contributed by atoms with van der Waals surface area (Å²) in [6.45, 7) is 1.63. The predicted octanol–water partition coefficient (Wildman–Crippen LogP) is 2.80. The third-order valence-electron chi connectivity index (χ3n) is 1.26. The zero-order chi connectivity index (χ0) is 8.27. The molecular weight excluding hydrogens is 146 g/mol. The van der Waals surface area contributed by atoms with Crippen LogP contribution in [0.3, 0.4) is 0 Å². The first-order valence-corrected chi connectivity index (χ1v) is 3.19. The lowest BCUT2D eigenvalue weighted by Crippen LogP contribution is -1.83.